The summed E-state index contributed by atoms with van der Waals surface area (Å²) in [7, 11) is -5.58. The summed E-state index contributed by atoms with van der Waals surface area (Å²) < 4.78 is 38.4. The molecule has 0 spiro atoms. The van der Waals surface area contributed by atoms with Crippen LogP contribution < -0.4 is 0 Å². The van der Waals surface area contributed by atoms with E-state index in [1.165, 1.54) is 23.9 Å². The molecule has 23 heavy (non-hydrogen) atoms. The van der Waals surface area contributed by atoms with Crippen molar-refractivity contribution in [2.24, 2.45) is 0 Å². The van der Waals surface area contributed by atoms with Crippen molar-refractivity contribution >= 4 is 46.9 Å². The van der Waals surface area contributed by atoms with Crippen LogP contribution in [-0.4, -0.2) is 9.79 Å². The zero-order chi connectivity index (χ0) is 17.3. The van der Waals surface area contributed by atoms with Crippen LogP contribution in [-0.2, 0) is 16.0 Å². The Morgan fingerprint density at radius 2 is 1.91 bits per heavy atom. The second-order valence-corrected chi connectivity index (χ2v) is 8.63. The number of alkyl halides is 2. The summed E-state index contributed by atoms with van der Waals surface area (Å²) in [4.78, 5) is 18.5. The highest BCUT2D eigenvalue weighted by atomic mass is 79.9. The van der Waals surface area contributed by atoms with Crippen molar-refractivity contribution in [2.75, 3.05) is 0 Å². The maximum absolute atomic E-state index is 13.7. The van der Waals surface area contributed by atoms with Crippen LogP contribution in [0.15, 0.2) is 51.8 Å². The van der Waals surface area contributed by atoms with Crippen LogP contribution in [0.4, 0.5) is 8.78 Å². The standard InChI is InChI=1S/C14H11BrClF2O3PS/c15-13-6-9(8-23-11-3-1-2-10(16)7-11)4-5-12(13)14(17,18)22(19,20)21/h1-7H,8H2,(H2,19,20,21). The third kappa shape index (κ3) is 4.56. The molecule has 0 atom stereocenters. The van der Waals surface area contributed by atoms with Crippen molar-refractivity contribution in [2.45, 2.75) is 16.3 Å². The monoisotopic (exact) mass is 442 g/mol. The van der Waals surface area contributed by atoms with Gasteiger partial charge < -0.3 is 9.79 Å². The van der Waals surface area contributed by atoms with Crippen molar-refractivity contribution in [1.82, 2.24) is 0 Å². The minimum atomic E-state index is -5.58. The first-order valence-electron chi connectivity index (χ1n) is 6.22. The molecule has 2 aromatic rings. The highest BCUT2D eigenvalue weighted by Gasteiger charge is 2.51. The van der Waals surface area contributed by atoms with Gasteiger partial charge in [0.15, 0.2) is 0 Å². The minimum absolute atomic E-state index is 0.0463. The van der Waals surface area contributed by atoms with Crippen LogP contribution in [0, 0.1) is 0 Å². The fourth-order valence-electron chi connectivity index (χ4n) is 1.77. The van der Waals surface area contributed by atoms with Crippen molar-refractivity contribution in [1.29, 1.82) is 0 Å². The van der Waals surface area contributed by atoms with Gasteiger partial charge in [-0.2, -0.15) is 8.78 Å². The Morgan fingerprint density at radius 3 is 2.48 bits per heavy atom. The quantitative estimate of drug-likeness (QED) is 0.465. The molecule has 0 heterocycles. The van der Waals surface area contributed by atoms with Crippen LogP contribution in [0.5, 0.6) is 0 Å². The van der Waals surface area contributed by atoms with Gasteiger partial charge in [-0.05, 0) is 29.8 Å². The van der Waals surface area contributed by atoms with Crippen molar-refractivity contribution < 1.29 is 23.1 Å². The van der Waals surface area contributed by atoms with Gasteiger partial charge in [0.1, 0.15) is 0 Å². The van der Waals surface area contributed by atoms with Crippen molar-refractivity contribution in [3.8, 4) is 0 Å². The van der Waals surface area contributed by atoms with E-state index in [9.17, 15) is 13.3 Å². The number of hydrogen-bond acceptors (Lipinski definition) is 2. The normalized spacial score (nSPS) is 12.4. The third-order valence-electron chi connectivity index (χ3n) is 2.92. The SMILES string of the molecule is O=P(O)(O)C(F)(F)c1ccc(CSc2cccc(Cl)c2)cc1Br. The largest absolute Gasteiger partial charge is 0.399 e. The zero-order valence-corrected chi connectivity index (χ0v) is 15.5. The molecular weight excluding hydrogens is 433 g/mol. The molecule has 0 aromatic heterocycles. The Kier molecular flexibility index (Phi) is 5.93. The van der Waals surface area contributed by atoms with Crippen LogP contribution in [0.3, 0.4) is 0 Å². The molecule has 3 nitrogen and oxygen atoms in total. The number of halogens is 4. The molecule has 9 heteroatoms. The lowest BCUT2D eigenvalue weighted by molar-refractivity contribution is 0.0557. The van der Waals surface area contributed by atoms with Gasteiger partial charge in [-0.25, -0.2) is 0 Å². The molecule has 2 aromatic carbocycles. The molecular formula is C14H11BrClF2O3PS. The van der Waals surface area contributed by atoms with E-state index in [4.69, 9.17) is 21.4 Å². The Labute approximate surface area is 149 Å². The first kappa shape index (κ1) is 18.9. The lowest BCUT2D eigenvalue weighted by Gasteiger charge is -2.19. The van der Waals surface area contributed by atoms with Gasteiger partial charge in [-0.15, -0.1) is 11.8 Å². The second kappa shape index (κ2) is 7.21. The molecule has 0 amide bonds. The molecule has 2 N–H and O–H groups in total. The highest BCUT2D eigenvalue weighted by molar-refractivity contribution is 9.10. The Bertz CT molecular complexity index is 769. The first-order chi connectivity index (χ1) is 10.6. The van der Waals surface area contributed by atoms with Crippen LogP contribution >= 0.6 is 46.9 Å². The number of hydrogen-bond donors (Lipinski definition) is 2. The van der Waals surface area contributed by atoms with E-state index in [1.807, 2.05) is 12.1 Å². The summed E-state index contributed by atoms with van der Waals surface area (Å²) >= 11 is 10.3. The van der Waals surface area contributed by atoms with E-state index < -0.39 is 18.8 Å². The molecule has 0 bridgehead atoms. The van der Waals surface area contributed by atoms with E-state index in [-0.39, 0.29) is 4.47 Å². The predicted molar refractivity (Wildman–Crippen MR) is 91.1 cm³/mol. The topological polar surface area (TPSA) is 57.5 Å². The fraction of sp³-hybridized carbons (Fsp3) is 0.143. The van der Waals surface area contributed by atoms with E-state index in [0.717, 1.165) is 16.5 Å². The number of rotatable bonds is 5. The van der Waals surface area contributed by atoms with Crippen LogP contribution in [0.25, 0.3) is 0 Å². The molecule has 0 radical (unpaired) electrons. The smallest absolute Gasteiger partial charge is 0.320 e. The maximum atomic E-state index is 13.7. The average molecular weight is 444 g/mol. The summed E-state index contributed by atoms with van der Waals surface area (Å²) in [5, 5.41) is 0.604. The van der Waals surface area contributed by atoms with Crippen molar-refractivity contribution in [3.05, 3.63) is 63.1 Å². The molecule has 124 valence electrons. The third-order valence-corrected chi connectivity index (χ3v) is 5.85. The van der Waals surface area contributed by atoms with E-state index in [0.29, 0.717) is 10.8 Å². The van der Waals surface area contributed by atoms with Gasteiger partial charge in [-0.3, -0.25) is 4.57 Å². The summed E-state index contributed by atoms with van der Waals surface area (Å²) in [6.07, 6.45) is 0. The zero-order valence-electron chi connectivity index (χ0n) is 11.4. The van der Waals surface area contributed by atoms with Gasteiger partial charge in [0.25, 0.3) is 0 Å². The molecule has 0 unspecified atom stereocenters. The first-order valence-corrected chi connectivity index (χ1v) is 9.99. The lowest BCUT2D eigenvalue weighted by atomic mass is 10.1. The Hall–Kier alpha value is -0.430. The van der Waals surface area contributed by atoms with Gasteiger partial charge in [0, 0.05) is 25.7 Å². The summed E-state index contributed by atoms with van der Waals surface area (Å²) in [5.41, 5.74) is -4.24. The van der Waals surface area contributed by atoms with Gasteiger partial charge >= 0.3 is 13.3 Å². The molecule has 0 aliphatic carbocycles. The van der Waals surface area contributed by atoms with Gasteiger partial charge in [0.05, 0.1) is 0 Å². The molecule has 0 aliphatic heterocycles. The lowest BCUT2D eigenvalue weighted by Crippen LogP contribution is -2.14. The van der Waals surface area contributed by atoms with Gasteiger partial charge in [0.2, 0.25) is 0 Å². The molecule has 2 rings (SSSR count). The second-order valence-electron chi connectivity index (χ2n) is 4.65. The fourth-order valence-corrected chi connectivity index (χ4v) is 4.26. The van der Waals surface area contributed by atoms with E-state index in [1.54, 1.807) is 12.1 Å². The highest BCUT2D eigenvalue weighted by Crippen LogP contribution is 2.60. The van der Waals surface area contributed by atoms with Crippen LogP contribution in [0.1, 0.15) is 11.1 Å². The maximum Gasteiger partial charge on any atom is 0.399 e. The predicted octanol–water partition coefficient (Wildman–Crippen LogP) is 5.62. The minimum Gasteiger partial charge on any atom is -0.320 e. The molecule has 0 fully saturated rings. The molecule has 0 saturated carbocycles. The molecule has 0 saturated heterocycles. The number of thioether (sulfide) groups is 1. The Balaban J connectivity index is 2.18. The summed E-state index contributed by atoms with van der Waals surface area (Å²) in [6.45, 7) is 0. The van der Waals surface area contributed by atoms with E-state index in [2.05, 4.69) is 15.9 Å². The summed E-state index contributed by atoms with van der Waals surface area (Å²) in [6, 6.07) is 11.1. The summed E-state index contributed by atoms with van der Waals surface area (Å²) in [5.74, 6) is 0.501. The van der Waals surface area contributed by atoms with Crippen molar-refractivity contribution in [3.63, 3.8) is 0 Å². The van der Waals surface area contributed by atoms with Crippen LogP contribution in [0.2, 0.25) is 5.02 Å². The average Bonchev–Trinajstić information content (AvgIpc) is 2.44. The number of benzene rings is 2. The van der Waals surface area contributed by atoms with Gasteiger partial charge in [-0.1, -0.05) is 45.7 Å². The van der Waals surface area contributed by atoms with E-state index >= 15 is 0 Å². The molecule has 0 aliphatic rings. The Morgan fingerprint density at radius 1 is 1.22 bits per heavy atom.